The smallest absolute Gasteiger partial charge is 0.301 e. The molecule has 1 aromatic heterocycles. The lowest BCUT2D eigenvalue weighted by atomic mass is 9.93. The van der Waals surface area contributed by atoms with Gasteiger partial charge in [-0.2, -0.15) is 0 Å². The third-order valence-electron chi connectivity index (χ3n) is 7.04. The van der Waals surface area contributed by atoms with E-state index in [0.717, 1.165) is 10.3 Å². The number of ketones is 1. The monoisotopic (exact) mass is 556 g/mol. The van der Waals surface area contributed by atoms with Crippen LogP contribution in [0.25, 0.3) is 16.0 Å². The number of amides is 1. The second kappa shape index (κ2) is 10.3. The van der Waals surface area contributed by atoms with E-state index >= 15 is 0 Å². The maximum Gasteiger partial charge on any atom is 0.301 e. The molecular weight excluding hydrogens is 528 g/mol. The fourth-order valence-electron chi connectivity index (χ4n) is 5.01. The lowest BCUT2D eigenvalue weighted by molar-refractivity contribution is -0.132. The molecule has 1 fully saturated rings. The molecule has 0 aliphatic carbocycles. The maximum absolute atomic E-state index is 13.6. The maximum atomic E-state index is 13.6. The van der Waals surface area contributed by atoms with Crippen LogP contribution in [0, 0.1) is 0 Å². The van der Waals surface area contributed by atoms with Gasteiger partial charge in [-0.3, -0.25) is 14.5 Å². The number of aliphatic hydroxyl groups is 1. The average molecular weight is 557 g/mol. The summed E-state index contributed by atoms with van der Waals surface area (Å²) in [5.41, 5.74) is 2.85. The van der Waals surface area contributed by atoms with Crippen LogP contribution in [0.1, 0.15) is 49.4 Å². The molecule has 0 bridgehead atoms. The third kappa shape index (κ3) is 4.46. The molecule has 1 atom stereocenters. The number of fused-ring (bicyclic) bond motifs is 2. The van der Waals surface area contributed by atoms with E-state index in [9.17, 15) is 14.7 Å². The van der Waals surface area contributed by atoms with Gasteiger partial charge >= 0.3 is 5.91 Å². The number of nitrogens with zero attached hydrogens (tertiary/aromatic N) is 2. The predicted octanol–water partition coefficient (Wildman–Crippen LogP) is 6.22. The van der Waals surface area contributed by atoms with Gasteiger partial charge in [-0.25, -0.2) is 4.98 Å². The molecule has 8 nitrogen and oxygen atoms in total. The van der Waals surface area contributed by atoms with Crippen LogP contribution in [0.2, 0.25) is 0 Å². The molecule has 1 N–H and O–H groups in total. The Morgan fingerprint density at radius 3 is 2.52 bits per heavy atom. The van der Waals surface area contributed by atoms with Crippen LogP contribution in [-0.4, -0.2) is 41.6 Å². The molecular formula is C31H28N2O6S. The van der Waals surface area contributed by atoms with Crippen LogP contribution in [0.3, 0.4) is 0 Å². The Labute approximate surface area is 235 Å². The summed E-state index contributed by atoms with van der Waals surface area (Å²) in [5, 5.41) is 11.9. The minimum atomic E-state index is -0.874. The standard InChI is InChI=1S/C31H28N2O6S/c1-4-37-21-10-11-22-25(16-21)40-31(32-22)33-27(19-7-5-18(6-8-19)17(2)3)26(29(35)30(33)36)28(34)20-9-12-23-24(15-20)39-14-13-38-23/h5-12,15-17,27,34H,4,13-14H2,1-3H3/b28-26+/t27-/m0/s1. The number of benzene rings is 3. The van der Waals surface area contributed by atoms with Gasteiger partial charge in [-0.05, 0) is 60.4 Å². The van der Waals surface area contributed by atoms with Gasteiger partial charge in [0, 0.05) is 5.56 Å². The van der Waals surface area contributed by atoms with E-state index in [2.05, 4.69) is 13.8 Å². The molecule has 2 aliphatic rings. The highest BCUT2D eigenvalue weighted by Gasteiger charge is 2.48. The molecule has 6 rings (SSSR count). The van der Waals surface area contributed by atoms with Crippen LogP contribution in [-0.2, 0) is 9.59 Å². The Morgan fingerprint density at radius 2 is 1.80 bits per heavy atom. The van der Waals surface area contributed by atoms with E-state index in [1.807, 2.05) is 49.4 Å². The summed E-state index contributed by atoms with van der Waals surface area (Å²) in [6.07, 6.45) is 0. The number of hydrogen-bond donors (Lipinski definition) is 1. The molecule has 1 amide bonds. The van der Waals surface area contributed by atoms with Crippen molar-refractivity contribution in [2.45, 2.75) is 32.7 Å². The van der Waals surface area contributed by atoms with Crippen LogP contribution in [0.15, 0.2) is 66.2 Å². The van der Waals surface area contributed by atoms with Gasteiger partial charge in [0.1, 0.15) is 24.7 Å². The Hall–Kier alpha value is -4.37. The first kappa shape index (κ1) is 25.9. The van der Waals surface area contributed by atoms with Gasteiger partial charge in [-0.15, -0.1) is 0 Å². The van der Waals surface area contributed by atoms with Crippen molar-refractivity contribution in [2.75, 3.05) is 24.7 Å². The van der Waals surface area contributed by atoms with Crippen LogP contribution in [0.5, 0.6) is 17.2 Å². The molecule has 1 saturated heterocycles. The Kier molecular flexibility index (Phi) is 6.67. The molecule has 3 aromatic carbocycles. The van der Waals surface area contributed by atoms with Crippen molar-refractivity contribution in [3.63, 3.8) is 0 Å². The topological polar surface area (TPSA) is 98.2 Å². The van der Waals surface area contributed by atoms with E-state index < -0.39 is 17.7 Å². The number of carbonyl (C=O) groups is 2. The highest BCUT2D eigenvalue weighted by molar-refractivity contribution is 7.22. The largest absolute Gasteiger partial charge is 0.507 e. The fraction of sp³-hybridized carbons (Fsp3) is 0.258. The van der Waals surface area contributed by atoms with Crippen molar-refractivity contribution in [1.29, 1.82) is 0 Å². The van der Waals surface area contributed by atoms with Crippen molar-refractivity contribution in [3.05, 3.63) is 82.9 Å². The van der Waals surface area contributed by atoms with Crippen molar-refractivity contribution < 1.29 is 28.9 Å². The first-order valence-corrected chi connectivity index (χ1v) is 14.0. The SMILES string of the molecule is CCOc1ccc2nc(N3C(=O)C(=O)/C(=C(/O)c4ccc5c(c4)OCCO5)[C@@H]3c3ccc(C(C)C)cc3)sc2c1. The molecule has 4 aromatic rings. The zero-order valence-corrected chi connectivity index (χ0v) is 23.2. The highest BCUT2D eigenvalue weighted by atomic mass is 32.1. The zero-order valence-electron chi connectivity index (χ0n) is 22.3. The Bertz CT molecular complexity index is 1660. The molecule has 9 heteroatoms. The second-order valence-corrected chi connectivity index (χ2v) is 10.9. The molecule has 0 radical (unpaired) electrons. The summed E-state index contributed by atoms with van der Waals surface area (Å²) in [6, 6.07) is 17.4. The normalized spacial score (nSPS) is 18.1. The summed E-state index contributed by atoms with van der Waals surface area (Å²) >= 11 is 1.30. The number of Topliss-reactive ketones (excluding diaryl/α,β-unsaturated/α-hetero) is 1. The summed E-state index contributed by atoms with van der Waals surface area (Å²) < 4.78 is 17.7. The molecule has 0 saturated carbocycles. The summed E-state index contributed by atoms with van der Waals surface area (Å²) in [7, 11) is 0. The minimum absolute atomic E-state index is 0.00626. The van der Waals surface area contributed by atoms with Gasteiger partial charge in [0.2, 0.25) is 0 Å². The van der Waals surface area contributed by atoms with Gasteiger partial charge in [0.15, 0.2) is 16.6 Å². The average Bonchev–Trinajstić information content (AvgIpc) is 3.50. The molecule has 0 unspecified atom stereocenters. The van der Waals surface area contributed by atoms with E-state index in [4.69, 9.17) is 19.2 Å². The Balaban J connectivity index is 1.51. The first-order chi connectivity index (χ1) is 19.4. The quantitative estimate of drug-likeness (QED) is 0.171. The lowest BCUT2D eigenvalue weighted by Crippen LogP contribution is -2.29. The van der Waals surface area contributed by atoms with Gasteiger partial charge in [0.25, 0.3) is 5.78 Å². The van der Waals surface area contributed by atoms with Crippen molar-refractivity contribution in [1.82, 2.24) is 4.98 Å². The predicted molar refractivity (Wildman–Crippen MR) is 154 cm³/mol. The first-order valence-electron chi connectivity index (χ1n) is 13.2. The van der Waals surface area contributed by atoms with Crippen molar-refractivity contribution >= 4 is 44.1 Å². The summed E-state index contributed by atoms with van der Waals surface area (Å²) in [5.74, 6) is 0.230. The van der Waals surface area contributed by atoms with Crippen LogP contribution < -0.4 is 19.1 Å². The fourth-order valence-corrected chi connectivity index (χ4v) is 6.03. The van der Waals surface area contributed by atoms with Crippen LogP contribution >= 0.6 is 11.3 Å². The van der Waals surface area contributed by atoms with E-state index in [0.29, 0.717) is 64.8 Å². The van der Waals surface area contributed by atoms with Gasteiger partial charge in [0.05, 0.1) is 28.4 Å². The van der Waals surface area contributed by atoms with Gasteiger partial charge in [-0.1, -0.05) is 49.4 Å². The number of anilines is 1. The Morgan fingerprint density at radius 1 is 1.05 bits per heavy atom. The number of aromatic nitrogens is 1. The third-order valence-corrected chi connectivity index (χ3v) is 8.06. The van der Waals surface area contributed by atoms with Crippen molar-refractivity contribution in [2.24, 2.45) is 0 Å². The number of thiazole rings is 1. The lowest BCUT2D eigenvalue weighted by Gasteiger charge is -2.23. The van der Waals surface area contributed by atoms with E-state index in [1.165, 1.54) is 16.2 Å². The molecule has 2 aliphatic heterocycles. The van der Waals surface area contributed by atoms with Gasteiger partial charge < -0.3 is 19.3 Å². The van der Waals surface area contributed by atoms with E-state index in [1.54, 1.807) is 18.2 Å². The summed E-state index contributed by atoms with van der Waals surface area (Å²) in [4.78, 5) is 33.3. The number of rotatable bonds is 6. The zero-order chi connectivity index (χ0) is 28.0. The number of aliphatic hydroxyl groups excluding tert-OH is 1. The highest BCUT2D eigenvalue weighted by Crippen LogP contribution is 2.45. The van der Waals surface area contributed by atoms with Crippen molar-refractivity contribution in [3.8, 4) is 17.2 Å². The number of carbonyl (C=O) groups excluding carboxylic acids is 2. The minimum Gasteiger partial charge on any atom is -0.507 e. The molecule has 3 heterocycles. The summed E-state index contributed by atoms with van der Waals surface area (Å²) in [6.45, 7) is 7.45. The number of ether oxygens (including phenoxy) is 3. The van der Waals surface area contributed by atoms with E-state index in [-0.39, 0.29) is 11.3 Å². The molecule has 0 spiro atoms. The molecule has 204 valence electrons. The molecule has 40 heavy (non-hydrogen) atoms. The van der Waals surface area contributed by atoms with Crippen LogP contribution in [0.4, 0.5) is 5.13 Å². The second-order valence-electron chi connectivity index (χ2n) is 9.91. The number of hydrogen-bond acceptors (Lipinski definition) is 8.